The third-order valence-electron chi connectivity index (χ3n) is 3.20. The molecule has 0 aliphatic carbocycles. The molecule has 0 saturated carbocycles. The molecule has 2 aromatic carbocycles. The minimum Gasteiger partial charge on any atom is -0.322 e. The van der Waals surface area contributed by atoms with Crippen LogP contribution in [-0.2, 0) is 9.59 Å². The average Bonchev–Trinajstić information content (AvgIpc) is 2.47. The van der Waals surface area contributed by atoms with Gasteiger partial charge >= 0.3 is 0 Å². The van der Waals surface area contributed by atoms with E-state index in [1.807, 2.05) is 13.0 Å². The zero-order valence-corrected chi connectivity index (χ0v) is 12.8. The average molecular weight is 318 g/mol. The molecule has 2 rings (SSSR count). The van der Waals surface area contributed by atoms with Gasteiger partial charge in [-0.25, -0.2) is 8.78 Å². The maximum atomic E-state index is 13.5. The van der Waals surface area contributed by atoms with E-state index in [2.05, 4.69) is 5.32 Å². The summed E-state index contributed by atoms with van der Waals surface area (Å²) in [6, 6.07) is 9.98. The van der Waals surface area contributed by atoms with E-state index in [0.29, 0.717) is 11.8 Å². The summed E-state index contributed by atoms with van der Waals surface area (Å²) < 4.78 is 26.4. The molecule has 0 bridgehead atoms. The van der Waals surface area contributed by atoms with Crippen molar-refractivity contribution >= 4 is 23.2 Å². The molecule has 0 aliphatic heterocycles. The van der Waals surface area contributed by atoms with Crippen molar-refractivity contribution in [1.82, 2.24) is 0 Å². The molecular formula is C17H16F2N2O2. The monoisotopic (exact) mass is 318 g/mol. The minimum absolute atomic E-state index is 0.135. The lowest BCUT2D eigenvalue weighted by Crippen LogP contribution is -2.36. The fraction of sp³-hybridized carbons (Fsp3) is 0.176. The van der Waals surface area contributed by atoms with Crippen molar-refractivity contribution in [3.63, 3.8) is 0 Å². The van der Waals surface area contributed by atoms with Gasteiger partial charge in [-0.3, -0.25) is 9.59 Å². The van der Waals surface area contributed by atoms with Crippen LogP contribution in [0, 0.1) is 18.6 Å². The molecule has 0 spiro atoms. The predicted octanol–water partition coefficient (Wildman–Crippen LogP) is 3.26. The summed E-state index contributed by atoms with van der Waals surface area (Å²) in [5, 5.41) is 2.33. The number of carbonyl (C=O) groups excluding carboxylic acids is 2. The van der Waals surface area contributed by atoms with E-state index >= 15 is 0 Å². The Morgan fingerprint density at radius 1 is 1.13 bits per heavy atom. The number of hydrogen-bond donors (Lipinski definition) is 1. The topological polar surface area (TPSA) is 49.4 Å². The Morgan fingerprint density at radius 3 is 2.48 bits per heavy atom. The van der Waals surface area contributed by atoms with Gasteiger partial charge in [-0.15, -0.1) is 0 Å². The van der Waals surface area contributed by atoms with Gasteiger partial charge in [0.25, 0.3) is 0 Å². The minimum atomic E-state index is -0.872. The van der Waals surface area contributed by atoms with Crippen LogP contribution < -0.4 is 10.2 Å². The number of carbonyl (C=O) groups is 2. The van der Waals surface area contributed by atoms with Crippen LogP contribution in [0.2, 0.25) is 0 Å². The molecule has 4 nitrogen and oxygen atoms in total. The number of nitrogens with one attached hydrogen (secondary N) is 1. The van der Waals surface area contributed by atoms with Crippen LogP contribution >= 0.6 is 0 Å². The zero-order valence-electron chi connectivity index (χ0n) is 12.8. The molecule has 0 fully saturated rings. The second kappa shape index (κ2) is 7.00. The van der Waals surface area contributed by atoms with Crippen molar-refractivity contribution in [2.75, 3.05) is 16.8 Å². The highest BCUT2D eigenvalue weighted by Crippen LogP contribution is 2.18. The van der Waals surface area contributed by atoms with E-state index in [1.165, 1.54) is 11.8 Å². The van der Waals surface area contributed by atoms with Crippen LogP contribution in [0.5, 0.6) is 0 Å². The summed E-state index contributed by atoms with van der Waals surface area (Å²) in [6.07, 6.45) is 0. The van der Waals surface area contributed by atoms with Crippen molar-refractivity contribution in [3.8, 4) is 0 Å². The Kier molecular flexibility index (Phi) is 5.05. The maximum Gasteiger partial charge on any atom is 0.244 e. The molecule has 6 heteroatoms. The Balaban J connectivity index is 2.14. The molecule has 0 unspecified atom stereocenters. The molecule has 0 saturated heterocycles. The van der Waals surface area contributed by atoms with E-state index in [-0.39, 0.29) is 18.1 Å². The number of aryl methyl sites for hydroxylation is 1. The standard InChI is InChI=1S/C17H16F2N2O2/c1-11-4-3-5-14(8-11)21(12(2)22)10-17(23)20-16-7-6-13(18)9-15(16)19/h3-9H,10H2,1-2H3,(H,20,23). The van der Waals surface area contributed by atoms with Gasteiger partial charge in [-0.1, -0.05) is 12.1 Å². The lowest BCUT2D eigenvalue weighted by molar-refractivity contribution is -0.120. The molecule has 1 N–H and O–H groups in total. The van der Waals surface area contributed by atoms with Crippen molar-refractivity contribution in [3.05, 3.63) is 59.7 Å². The van der Waals surface area contributed by atoms with E-state index in [4.69, 9.17) is 0 Å². The highest BCUT2D eigenvalue weighted by molar-refractivity contribution is 6.01. The first kappa shape index (κ1) is 16.6. The molecule has 0 aromatic heterocycles. The van der Waals surface area contributed by atoms with Gasteiger partial charge in [0.05, 0.1) is 5.69 Å². The molecule has 0 aliphatic rings. The second-order valence-corrected chi connectivity index (χ2v) is 5.12. The molecule has 0 atom stereocenters. The van der Waals surface area contributed by atoms with Crippen LogP contribution in [0.3, 0.4) is 0 Å². The predicted molar refractivity (Wildman–Crippen MR) is 84.2 cm³/mol. The summed E-state index contributed by atoms with van der Waals surface area (Å²) in [6.45, 7) is 2.94. The number of hydrogen-bond acceptors (Lipinski definition) is 2. The summed E-state index contributed by atoms with van der Waals surface area (Å²) in [5.41, 5.74) is 1.38. The SMILES string of the molecule is CC(=O)N(CC(=O)Nc1ccc(F)cc1F)c1cccc(C)c1. The molecule has 0 heterocycles. The zero-order chi connectivity index (χ0) is 17.0. The highest BCUT2D eigenvalue weighted by Gasteiger charge is 2.17. The Labute approximate surface area is 132 Å². The Morgan fingerprint density at radius 2 is 1.87 bits per heavy atom. The van der Waals surface area contributed by atoms with Gasteiger partial charge in [-0.05, 0) is 36.8 Å². The highest BCUT2D eigenvalue weighted by atomic mass is 19.1. The van der Waals surface area contributed by atoms with Gasteiger partial charge in [0.2, 0.25) is 11.8 Å². The molecule has 23 heavy (non-hydrogen) atoms. The van der Waals surface area contributed by atoms with E-state index in [0.717, 1.165) is 17.7 Å². The number of benzene rings is 2. The van der Waals surface area contributed by atoms with Gasteiger partial charge in [0.15, 0.2) is 0 Å². The van der Waals surface area contributed by atoms with Crippen molar-refractivity contribution < 1.29 is 18.4 Å². The summed E-state index contributed by atoms with van der Waals surface area (Å²) in [4.78, 5) is 25.1. The number of halogens is 2. The largest absolute Gasteiger partial charge is 0.322 e. The molecule has 0 radical (unpaired) electrons. The fourth-order valence-electron chi connectivity index (χ4n) is 2.10. The lowest BCUT2D eigenvalue weighted by atomic mass is 10.2. The quantitative estimate of drug-likeness (QED) is 0.940. The Hall–Kier alpha value is -2.76. The van der Waals surface area contributed by atoms with Crippen LogP contribution in [0.1, 0.15) is 12.5 Å². The van der Waals surface area contributed by atoms with Crippen molar-refractivity contribution in [2.24, 2.45) is 0 Å². The van der Waals surface area contributed by atoms with Gasteiger partial charge in [-0.2, -0.15) is 0 Å². The molecular weight excluding hydrogens is 302 g/mol. The molecule has 2 aromatic rings. The molecule has 120 valence electrons. The molecule has 2 amide bonds. The first-order valence-corrected chi connectivity index (χ1v) is 6.96. The van der Waals surface area contributed by atoms with Crippen LogP contribution in [-0.4, -0.2) is 18.4 Å². The van der Waals surface area contributed by atoms with Crippen LogP contribution in [0.15, 0.2) is 42.5 Å². The lowest BCUT2D eigenvalue weighted by Gasteiger charge is -2.21. The van der Waals surface area contributed by atoms with Gasteiger partial charge < -0.3 is 10.2 Å². The summed E-state index contributed by atoms with van der Waals surface area (Å²) >= 11 is 0. The van der Waals surface area contributed by atoms with Crippen LogP contribution in [0.4, 0.5) is 20.2 Å². The third-order valence-corrected chi connectivity index (χ3v) is 3.20. The normalized spacial score (nSPS) is 10.3. The van der Waals surface area contributed by atoms with E-state index in [9.17, 15) is 18.4 Å². The second-order valence-electron chi connectivity index (χ2n) is 5.12. The van der Waals surface area contributed by atoms with E-state index < -0.39 is 17.5 Å². The number of anilines is 2. The first-order valence-electron chi connectivity index (χ1n) is 6.96. The third kappa shape index (κ3) is 4.35. The number of rotatable bonds is 4. The van der Waals surface area contributed by atoms with Crippen molar-refractivity contribution in [2.45, 2.75) is 13.8 Å². The maximum absolute atomic E-state index is 13.5. The van der Waals surface area contributed by atoms with Gasteiger partial charge in [0, 0.05) is 18.7 Å². The number of nitrogens with zero attached hydrogens (tertiary/aromatic N) is 1. The number of amides is 2. The van der Waals surface area contributed by atoms with Crippen molar-refractivity contribution in [1.29, 1.82) is 0 Å². The Bertz CT molecular complexity index is 747. The summed E-state index contributed by atoms with van der Waals surface area (Å²) in [5.74, 6) is -2.49. The fourth-order valence-corrected chi connectivity index (χ4v) is 2.10. The first-order chi connectivity index (χ1) is 10.9. The van der Waals surface area contributed by atoms with Gasteiger partial charge in [0.1, 0.15) is 18.2 Å². The summed E-state index contributed by atoms with van der Waals surface area (Å²) in [7, 11) is 0. The van der Waals surface area contributed by atoms with Crippen LogP contribution in [0.25, 0.3) is 0 Å². The van der Waals surface area contributed by atoms with E-state index in [1.54, 1.807) is 18.2 Å². The smallest absolute Gasteiger partial charge is 0.244 e.